The Morgan fingerprint density at radius 2 is 0.693 bits per heavy atom. The van der Waals surface area contributed by atoms with E-state index in [1.807, 2.05) is 0 Å². The summed E-state index contributed by atoms with van der Waals surface area (Å²) in [6, 6.07) is 0. The number of hydrogen-bond acceptors (Lipinski definition) is 8. The summed E-state index contributed by atoms with van der Waals surface area (Å²) in [5.41, 5.74) is 5.39. The second-order valence-corrected chi connectivity index (χ2v) is 23.4. The van der Waals surface area contributed by atoms with Gasteiger partial charge in [-0.05, 0) is 70.6 Å². The van der Waals surface area contributed by atoms with Crippen LogP contribution in [0.2, 0.25) is 0 Å². The van der Waals surface area contributed by atoms with Gasteiger partial charge in [0.1, 0.15) is 6.61 Å². The Hall–Kier alpha value is -1.77. The van der Waals surface area contributed by atoms with E-state index in [2.05, 4.69) is 50.3 Å². The summed E-state index contributed by atoms with van der Waals surface area (Å²) in [6.45, 7) is 3.78. The molecule has 2 unspecified atom stereocenters. The van der Waals surface area contributed by atoms with Crippen LogP contribution in [0.5, 0.6) is 0 Å². The third-order valence-electron chi connectivity index (χ3n) is 14.5. The summed E-state index contributed by atoms with van der Waals surface area (Å²) >= 11 is 0. The van der Waals surface area contributed by atoms with Gasteiger partial charge in [0.25, 0.3) is 0 Å². The summed E-state index contributed by atoms with van der Waals surface area (Å²) in [7, 11) is -4.39. The number of unbranched alkanes of at least 4 members (excludes halogenated alkanes) is 43. The summed E-state index contributed by atoms with van der Waals surface area (Å²) < 4.78 is 33.1. The summed E-state index contributed by atoms with van der Waals surface area (Å²) in [6.07, 6.45) is 75.1. The largest absolute Gasteiger partial charge is 0.472 e. The van der Waals surface area contributed by atoms with Crippen molar-refractivity contribution >= 4 is 19.8 Å². The number of esters is 2. The number of phosphoric acid groups is 1. The van der Waals surface area contributed by atoms with Crippen LogP contribution in [-0.2, 0) is 32.7 Å². The highest BCUT2D eigenvalue weighted by Crippen LogP contribution is 2.43. The lowest BCUT2D eigenvalue weighted by Gasteiger charge is -2.19. The van der Waals surface area contributed by atoms with Gasteiger partial charge in [-0.1, -0.05) is 288 Å². The fourth-order valence-corrected chi connectivity index (χ4v) is 10.4. The molecule has 0 aromatic carbocycles. The molecule has 0 saturated heterocycles. The van der Waals surface area contributed by atoms with Gasteiger partial charge in [0, 0.05) is 19.4 Å². The highest BCUT2D eigenvalue weighted by atomic mass is 31.2. The van der Waals surface area contributed by atoms with Crippen molar-refractivity contribution in [2.24, 2.45) is 5.73 Å². The van der Waals surface area contributed by atoms with E-state index >= 15 is 0 Å². The molecule has 442 valence electrons. The molecule has 2 atom stereocenters. The van der Waals surface area contributed by atoms with Crippen LogP contribution in [0.4, 0.5) is 0 Å². The van der Waals surface area contributed by atoms with Gasteiger partial charge in [0.05, 0.1) is 13.2 Å². The molecule has 0 saturated carbocycles. The molecule has 0 spiro atoms. The number of carbonyl (C=O) groups is 2. The van der Waals surface area contributed by atoms with Gasteiger partial charge in [-0.3, -0.25) is 18.6 Å². The van der Waals surface area contributed by atoms with Crippen LogP contribution < -0.4 is 5.73 Å². The molecule has 10 heteroatoms. The fourth-order valence-electron chi connectivity index (χ4n) is 9.67. The highest BCUT2D eigenvalue weighted by molar-refractivity contribution is 7.47. The lowest BCUT2D eigenvalue weighted by atomic mass is 10.0. The Balaban J connectivity index is 3.84. The number of phosphoric ester groups is 1. The van der Waals surface area contributed by atoms with E-state index < -0.39 is 26.5 Å². The molecular formula is C65H124NO8P. The van der Waals surface area contributed by atoms with Gasteiger partial charge in [0.15, 0.2) is 6.10 Å². The fraction of sp³-hybridized carbons (Fsp3) is 0.877. The molecule has 0 aliphatic heterocycles. The predicted molar refractivity (Wildman–Crippen MR) is 321 cm³/mol. The van der Waals surface area contributed by atoms with Crippen LogP contribution in [0, 0.1) is 0 Å². The molecule has 0 rings (SSSR count). The molecule has 3 N–H and O–H groups in total. The van der Waals surface area contributed by atoms with Crippen LogP contribution in [0.15, 0.2) is 36.5 Å². The first-order valence-corrected chi connectivity index (χ1v) is 34.0. The number of rotatable bonds is 62. The molecular weight excluding hydrogens is 954 g/mol. The van der Waals surface area contributed by atoms with Crippen molar-refractivity contribution in [2.45, 2.75) is 341 Å². The third kappa shape index (κ3) is 61.3. The molecule has 0 bridgehead atoms. The quantitative estimate of drug-likeness (QED) is 0.0264. The van der Waals surface area contributed by atoms with E-state index in [1.54, 1.807) is 0 Å². The van der Waals surface area contributed by atoms with Crippen molar-refractivity contribution < 1.29 is 37.6 Å². The summed E-state index contributed by atoms with van der Waals surface area (Å²) in [5, 5.41) is 0. The Morgan fingerprint density at radius 1 is 0.400 bits per heavy atom. The number of hydrogen-bond donors (Lipinski definition) is 2. The Bertz CT molecular complexity index is 1320. The van der Waals surface area contributed by atoms with Crippen LogP contribution in [0.3, 0.4) is 0 Å². The maximum Gasteiger partial charge on any atom is 0.472 e. The molecule has 0 aliphatic rings. The number of nitrogens with two attached hydrogens (primary N) is 1. The number of carbonyl (C=O) groups excluding carboxylic acids is 2. The van der Waals surface area contributed by atoms with Crippen molar-refractivity contribution in [3.8, 4) is 0 Å². The van der Waals surface area contributed by atoms with E-state index in [1.165, 1.54) is 250 Å². The SMILES string of the molecule is CCCCCCC/C=C\C/C=C\CCCCCCCCCCCC(=O)OC(COC(=O)CCCCCCCCCCCCCCCCCCCCCCC/C=C\CCCCCCCCCC)COP(=O)(O)OCCN. The van der Waals surface area contributed by atoms with Gasteiger partial charge in [0.2, 0.25) is 0 Å². The zero-order valence-corrected chi connectivity index (χ0v) is 50.4. The molecule has 9 nitrogen and oxygen atoms in total. The van der Waals surface area contributed by atoms with Gasteiger partial charge >= 0.3 is 19.8 Å². The smallest absolute Gasteiger partial charge is 0.462 e. The first-order chi connectivity index (χ1) is 36.8. The van der Waals surface area contributed by atoms with Crippen molar-refractivity contribution in [1.82, 2.24) is 0 Å². The van der Waals surface area contributed by atoms with Gasteiger partial charge in [-0.15, -0.1) is 0 Å². The van der Waals surface area contributed by atoms with Gasteiger partial charge in [-0.2, -0.15) is 0 Å². The third-order valence-corrected chi connectivity index (χ3v) is 15.5. The van der Waals surface area contributed by atoms with Crippen LogP contribution in [0.1, 0.15) is 335 Å². The molecule has 0 fully saturated rings. The number of allylic oxidation sites excluding steroid dienone is 6. The summed E-state index contributed by atoms with van der Waals surface area (Å²) in [4.78, 5) is 35.3. The molecule has 0 heterocycles. The molecule has 75 heavy (non-hydrogen) atoms. The lowest BCUT2D eigenvalue weighted by molar-refractivity contribution is -0.161. The highest BCUT2D eigenvalue weighted by Gasteiger charge is 2.26. The Labute approximate surface area is 464 Å². The lowest BCUT2D eigenvalue weighted by Crippen LogP contribution is -2.29. The van der Waals surface area contributed by atoms with Crippen LogP contribution in [0.25, 0.3) is 0 Å². The zero-order chi connectivity index (χ0) is 54.5. The maximum atomic E-state index is 12.7. The minimum Gasteiger partial charge on any atom is -0.462 e. The van der Waals surface area contributed by atoms with Gasteiger partial charge in [-0.25, -0.2) is 4.57 Å². The Kier molecular flexibility index (Phi) is 60.0. The van der Waals surface area contributed by atoms with E-state index in [9.17, 15) is 19.0 Å². The second-order valence-electron chi connectivity index (χ2n) is 22.0. The van der Waals surface area contributed by atoms with Crippen molar-refractivity contribution in [1.29, 1.82) is 0 Å². The topological polar surface area (TPSA) is 134 Å². The maximum absolute atomic E-state index is 12.7. The summed E-state index contributed by atoms with van der Waals surface area (Å²) in [5.74, 6) is -0.816. The predicted octanol–water partition coefficient (Wildman–Crippen LogP) is 20.7. The molecule has 0 amide bonds. The average molecular weight is 1080 g/mol. The van der Waals surface area contributed by atoms with E-state index in [0.717, 1.165) is 51.4 Å². The van der Waals surface area contributed by atoms with E-state index in [0.29, 0.717) is 6.42 Å². The van der Waals surface area contributed by atoms with Gasteiger partial charge < -0.3 is 20.1 Å². The molecule has 0 aliphatic carbocycles. The van der Waals surface area contributed by atoms with Crippen LogP contribution >= 0.6 is 7.82 Å². The first kappa shape index (κ1) is 73.2. The van der Waals surface area contributed by atoms with Crippen molar-refractivity contribution in [2.75, 3.05) is 26.4 Å². The minimum atomic E-state index is -4.39. The second kappa shape index (κ2) is 61.4. The average Bonchev–Trinajstić information content (AvgIpc) is 3.40. The van der Waals surface area contributed by atoms with E-state index in [-0.39, 0.29) is 38.6 Å². The molecule has 0 radical (unpaired) electrons. The molecule has 0 aromatic heterocycles. The van der Waals surface area contributed by atoms with Crippen LogP contribution in [-0.4, -0.2) is 49.3 Å². The van der Waals surface area contributed by atoms with E-state index in [4.69, 9.17) is 24.3 Å². The normalized spacial score (nSPS) is 13.2. The zero-order valence-electron chi connectivity index (χ0n) is 49.6. The van der Waals surface area contributed by atoms with Crippen molar-refractivity contribution in [3.05, 3.63) is 36.5 Å². The Morgan fingerprint density at radius 3 is 1.03 bits per heavy atom. The number of ether oxygens (including phenoxy) is 2. The monoisotopic (exact) mass is 1080 g/mol. The van der Waals surface area contributed by atoms with Crippen molar-refractivity contribution in [3.63, 3.8) is 0 Å². The molecule has 0 aromatic rings. The first-order valence-electron chi connectivity index (χ1n) is 32.5. The minimum absolute atomic E-state index is 0.0541. The standard InChI is InChI=1S/C65H124NO8P/c1-3-5-7-9-11-13-15-17-19-21-23-25-26-27-28-29-30-31-32-33-34-35-36-38-39-41-43-45-47-49-51-53-55-57-64(67)71-61-63(62-73-75(69,70)72-60-59-66)74-65(68)58-56-54-52-50-48-46-44-42-40-37-24-22-20-18-16-14-12-10-8-6-4-2/h16,18,21-24,63H,3-15,17,19-20,25-62,66H2,1-2H3,(H,69,70)/b18-16-,23-21-,24-22-.